The second-order valence-corrected chi connectivity index (χ2v) is 5.56. The van der Waals surface area contributed by atoms with E-state index in [2.05, 4.69) is 12.1 Å². The Bertz CT molecular complexity index is 430. The van der Waals surface area contributed by atoms with E-state index < -0.39 is 0 Å². The summed E-state index contributed by atoms with van der Waals surface area (Å²) in [5, 5.41) is 9.27. The van der Waals surface area contributed by atoms with Crippen LogP contribution in [0, 0.1) is 22.2 Å². The first-order chi connectivity index (χ1) is 9.11. The largest absolute Gasteiger partial charge is 0.398 e. The van der Waals surface area contributed by atoms with Crippen LogP contribution >= 0.6 is 0 Å². The molecule has 2 rings (SSSR count). The standard InChI is InChI=1S/C15H22N2O2/c1-3-18-10-14(11-19-4-2)8-15(9-14)6-5-13(17)12(15)7-16/h5-6H,3-4,8-11,17H2,1-2H3. The molecule has 0 saturated heterocycles. The van der Waals surface area contributed by atoms with E-state index in [1.165, 1.54) is 0 Å². The number of allylic oxidation sites excluding steroid dienone is 3. The van der Waals surface area contributed by atoms with Crippen LogP contribution < -0.4 is 5.73 Å². The Balaban J connectivity index is 2.09. The van der Waals surface area contributed by atoms with Crippen LogP contribution in [0.2, 0.25) is 0 Å². The van der Waals surface area contributed by atoms with Crippen LogP contribution in [0.15, 0.2) is 23.4 Å². The van der Waals surface area contributed by atoms with E-state index in [4.69, 9.17) is 15.2 Å². The van der Waals surface area contributed by atoms with Crippen molar-refractivity contribution in [3.05, 3.63) is 23.4 Å². The fourth-order valence-corrected chi connectivity index (χ4v) is 3.34. The maximum atomic E-state index is 9.27. The lowest BCUT2D eigenvalue weighted by molar-refractivity contribution is -0.102. The van der Waals surface area contributed by atoms with Gasteiger partial charge in [-0.1, -0.05) is 6.08 Å². The number of rotatable bonds is 6. The first-order valence-corrected chi connectivity index (χ1v) is 6.86. The number of nitrogens with two attached hydrogens (primary N) is 1. The van der Waals surface area contributed by atoms with Crippen LogP contribution in [0.4, 0.5) is 0 Å². The Morgan fingerprint density at radius 2 is 1.84 bits per heavy atom. The molecule has 2 aliphatic rings. The van der Waals surface area contributed by atoms with E-state index in [-0.39, 0.29) is 10.8 Å². The minimum atomic E-state index is -0.160. The fraction of sp³-hybridized carbons (Fsp3) is 0.667. The van der Waals surface area contributed by atoms with Gasteiger partial charge in [-0.2, -0.15) is 5.26 Å². The van der Waals surface area contributed by atoms with Gasteiger partial charge in [-0.15, -0.1) is 0 Å². The van der Waals surface area contributed by atoms with Crippen LogP contribution in [-0.4, -0.2) is 26.4 Å². The molecule has 0 atom stereocenters. The van der Waals surface area contributed by atoms with Crippen LogP contribution in [0.5, 0.6) is 0 Å². The molecule has 1 fully saturated rings. The molecule has 19 heavy (non-hydrogen) atoms. The van der Waals surface area contributed by atoms with Gasteiger partial charge >= 0.3 is 0 Å². The summed E-state index contributed by atoms with van der Waals surface area (Å²) in [5.41, 5.74) is 7.08. The number of ether oxygens (including phenoxy) is 2. The summed E-state index contributed by atoms with van der Waals surface area (Å²) in [7, 11) is 0. The first-order valence-electron chi connectivity index (χ1n) is 6.86. The zero-order valence-corrected chi connectivity index (χ0v) is 11.7. The number of nitrogens with zero attached hydrogens (tertiary/aromatic N) is 1. The van der Waals surface area contributed by atoms with Crippen LogP contribution in [0.1, 0.15) is 26.7 Å². The average Bonchev–Trinajstić information content (AvgIpc) is 2.69. The van der Waals surface area contributed by atoms with Crippen molar-refractivity contribution in [3.63, 3.8) is 0 Å². The molecular formula is C15H22N2O2. The van der Waals surface area contributed by atoms with E-state index in [0.29, 0.717) is 32.1 Å². The Morgan fingerprint density at radius 1 is 1.26 bits per heavy atom. The van der Waals surface area contributed by atoms with Gasteiger partial charge in [0.05, 0.1) is 24.9 Å². The van der Waals surface area contributed by atoms with Crippen molar-refractivity contribution in [1.82, 2.24) is 0 Å². The monoisotopic (exact) mass is 262 g/mol. The molecule has 0 aliphatic heterocycles. The van der Waals surface area contributed by atoms with Gasteiger partial charge in [0, 0.05) is 29.7 Å². The zero-order valence-electron chi connectivity index (χ0n) is 11.7. The maximum Gasteiger partial charge on any atom is 0.0978 e. The van der Waals surface area contributed by atoms with Crippen molar-refractivity contribution in [2.24, 2.45) is 16.6 Å². The number of hydrogen-bond acceptors (Lipinski definition) is 4. The smallest absolute Gasteiger partial charge is 0.0978 e. The summed E-state index contributed by atoms with van der Waals surface area (Å²) >= 11 is 0. The van der Waals surface area contributed by atoms with Crippen molar-refractivity contribution < 1.29 is 9.47 Å². The van der Waals surface area contributed by atoms with Crippen LogP contribution in [0.3, 0.4) is 0 Å². The first kappa shape index (κ1) is 14.1. The van der Waals surface area contributed by atoms with E-state index in [0.717, 1.165) is 18.4 Å². The third kappa shape index (κ3) is 2.41. The normalized spacial score (nSPS) is 22.6. The van der Waals surface area contributed by atoms with Gasteiger partial charge in [-0.3, -0.25) is 0 Å². The highest BCUT2D eigenvalue weighted by Crippen LogP contribution is 2.61. The third-order valence-corrected chi connectivity index (χ3v) is 4.09. The molecule has 4 nitrogen and oxygen atoms in total. The summed E-state index contributed by atoms with van der Waals surface area (Å²) in [4.78, 5) is 0. The molecule has 0 heterocycles. The molecule has 4 heteroatoms. The highest BCUT2D eigenvalue weighted by atomic mass is 16.5. The van der Waals surface area contributed by atoms with Crippen molar-refractivity contribution in [3.8, 4) is 6.07 Å². The lowest BCUT2D eigenvalue weighted by atomic mass is 9.51. The maximum absolute atomic E-state index is 9.27. The molecule has 0 unspecified atom stereocenters. The second kappa shape index (κ2) is 5.36. The minimum absolute atomic E-state index is 0.0308. The molecule has 0 aromatic rings. The molecule has 1 saturated carbocycles. The molecule has 0 bridgehead atoms. The Kier molecular flexibility index (Phi) is 3.98. The van der Waals surface area contributed by atoms with Crippen molar-refractivity contribution >= 4 is 0 Å². The third-order valence-electron chi connectivity index (χ3n) is 4.09. The summed E-state index contributed by atoms with van der Waals surface area (Å²) < 4.78 is 11.2. The summed E-state index contributed by atoms with van der Waals surface area (Å²) in [6.07, 6.45) is 5.72. The van der Waals surface area contributed by atoms with Crippen molar-refractivity contribution in [1.29, 1.82) is 5.26 Å². The molecule has 104 valence electrons. The van der Waals surface area contributed by atoms with E-state index in [1.54, 1.807) is 0 Å². The van der Waals surface area contributed by atoms with Gasteiger partial charge in [0.15, 0.2) is 0 Å². The molecule has 2 N–H and O–H groups in total. The van der Waals surface area contributed by atoms with Gasteiger partial charge in [0.1, 0.15) is 0 Å². The molecule has 0 amide bonds. The SMILES string of the molecule is CCOCC1(COCC)CC2(C=CC(N)=C2C#N)C1. The predicted molar refractivity (Wildman–Crippen MR) is 73.1 cm³/mol. The zero-order chi connectivity index (χ0) is 13.9. The molecule has 0 aromatic carbocycles. The molecule has 0 aromatic heterocycles. The quantitative estimate of drug-likeness (QED) is 0.796. The average molecular weight is 262 g/mol. The van der Waals surface area contributed by atoms with Gasteiger partial charge < -0.3 is 15.2 Å². The van der Waals surface area contributed by atoms with E-state index in [9.17, 15) is 5.26 Å². The van der Waals surface area contributed by atoms with E-state index in [1.807, 2.05) is 19.9 Å². The lowest BCUT2D eigenvalue weighted by Gasteiger charge is -2.53. The fourth-order valence-electron chi connectivity index (χ4n) is 3.34. The van der Waals surface area contributed by atoms with Crippen LogP contribution in [-0.2, 0) is 9.47 Å². The Hall–Kier alpha value is -1.31. The number of hydrogen-bond donors (Lipinski definition) is 1. The van der Waals surface area contributed by atoms with E-state index >= 15 is 0 Å². The van der Waals surface area contributed by atoms with Gasteiger partial charge in [-0.05, 0) is 32.8 Å². The van der Waals surface area contributed by atoms with Crippen molar-refractivity contribution in [2.45, 2.75) is 26.7 Å². The van der Waals surface area contributed by atoms with Crippen molar-refractivity contribution in [2.75, 3.05) is 26.4 Å². The summed E-state index contributed by atoms with van der Waals surface area (Å²) in [6, 6.07) is 2.27. The highest BCUT2D eigenvalue weighted by molar-refractivity contribution is 5.50. The molecule has 2 aliphatic carbocycles. The van der Waals surface area contributed by atoms with Gasteiger partial charge in [-0.25, -0.2) is 0 Å². The topological polar surface area (TPSA) is 68.3 Å². The highest BCUT2D eigenvalue weighted by Gasteiger charge is 2.57. The van der Waals surface area contributed by atoms with Crippen LogP contribution in [0.25, 0.3) is 0 Å². The van der Waals surface area contributed by atoms with Gasteiger partial charge in [0.2, 0.25) is 0 Å². The second-order valence-electron chi connectivity index (χ2n) is 5.56. The summed E-state index contributed by atoms with van der Waals surface area (Å²) in [5.74, 6) is 0. The Morgan fingerprint density at radius 3 is 2.32 bits per heavy atom. The number of nitriles is 1. The molecule has 1 spiro atoms. The molecular weight excluding hydrogens is 240 g/mol. The van der Waals surface area contributed by atoms with Gasteiger partial charge in [0.25, 0.3) is 0 Å². The lowest BCUT2D eigenvalue weighted by Crippen LogP contribution is -2.51. The minimum Gasteiger partial charge on any atom is -0.398 e. The predicted octanol–water partition coefficient (Wildman–Crippen LogP) is 2.13. The Labute approximate surface area is 114 Å². The summed E-state index contributed by atoms with van der Waals surface area (Å²) in [6.45, 7) is 6.79. The molecule has 0 radical (unpaired) electrons.